The van der Waals surface area contributed by atoms with Gasteiger partial charge in [0.05, 0.1) is 6.61 Å². The van der Waals surface area contributed by atoms with E-state index in [9.17, 15) is 0 Å². The predicted octanol–water partition coefficient (Wildman–Crippen LogP) is 2.87. The van der Waals surface area contributed by atoms with Gasteiger partial charge in [0.1, 0.15) is 12.4 Å². The number of aryl methyl sites for hydroxylation is 1. The first-order chi connectivity index (χ1) is 11.3. The van der Waals surface area contributed by atoms with Crippen LogP contribution in [0.3, 0.4) is 0 Å². The molecule has 0 bridgehead atoms. The van der Waals surface area contributed by atoms with Crippen LogP contribution < -0.4 is 0 Å². The Morgan fingerprint density at radius 1 is 1.30 bits per heavy atom. The van der Waals surface area contributed by atoms with Crippen molar-refractivity contribution in [1.82, 2.24) is 19.7 Å². The molecular formula is C18H26N4O. The maximum Gasteiger partial charge on any atom is 0.163 e. The fourth-order valence-corrected chi connectivity index (χ4v) is 3.14. The Hall–Kier alpha value is -1.72. The van der Waals surface area contributed by atoms with Crippen LogP contribution in [0.25, 0.3) is 0 Å². The van der Waals surface area contributed by atoms with E-state index in [0.29, 0.717) is 5.92 Å². The SMILES string of the molecule is CCn1cnnc1[C@@H]1CN(CC[C@@H](C)c2ccccc2)CCO1. The van der Waals surface area contributed by atoms with Crippen molar-refractivity contribution in [1.29, 1.82) is 0 Å². The summed E-state index contributed by atoms with van der Waals surface area (Å²) in [5.41, 5.74) is 1.42. The molecule has 0 radical (unpaired) electrons. The third-order valence-electron chi connectivity index (χ3n) is 4.67. The Labute approximate surface area is 138 Å². The van der Waals surface area contributed by atoms with Crippen molar-refractivity contribution in [3.05, 3.63) is 48.0 Å². The third-order valence-corrected chi connectivity index (χ3v) is 4.67. The Bertz CT molecular complexity index is 598. The number of aromatic nitrogens is 3. The average Bonchev–Trinajstić information content (AvgIpc) is 3.09. The summed E-state index contributed by atoms with van der Waals surface area (Å²) in [6.07, 6.45) is 2.99. The number of rotatable bonds is 6. The minimum Gasteiger partial charge on any atom is -0.368 e. The van der Waals surface area contributed by atoms with Crippen LogP contribution in [0.15, 0.2) is 36.7 Å². The molecule has 1 aliphatic heterocycles. The van der Waals surface area contributed by atoms with Crippen LogP contribution >= 0.6 is 0 Å². The monoisotopic (exact) mass is 314 g/mol. The molecule has 1 fully saturated rings. The molecule has 5 nitrogen and oxygen atoms in total. The summed E-state index contributed by atoms with van der Waals surface area (Å²) in [6, 6.07) is 10.8. The van der Waals surface area contributed by atoms with Gasteiger partial charge in [-0.3, -0.25) is 4.90 Å². The van der Waals surface area contributed by atoms with E-state index < -0.39 is 0 Å². The zero-order chi connectivity index (χ0) is 16.1. The first-order valence-corrected chi connectivity index (χ1v) is 8.54. The number of nitrogens with zero attached hydrogens (tertiary/aromatic N) is 4. The van der Waals surface area contributed by atoms with Gasteiger partial charge in [-0.1, -0.05) is 37.3 Å². The Morgan fingerprint density at radius 2 is 2.13 bits per heavy atom. The van der Waals surface area contributed by atoms with E-state index in [4.69, 9.17) is 4.74 Å². The summed E-state index contributed by atoms with van der Waals surface area (Å²) < 4.78 is 7.99. The van der Waals surface area contributed by atoms with Crippen LogP contribution in [0.5, 0.6) is 0 Å². The number of benzene rings is 1. The van der Waals surface area contributed by atoms with Crippen LogP contribution in [-0.4, -0.2) is 45.9 Å². The quantitative estimate of drug-likeness (QED) is 0.822. The lowest BCUT2D eigenvalue weighted by atomic mass is 9.97. The molecule has 1 saturated heterocycles. The lowest BCUT2D eigenvalue weighted by Gasteiger charge is -2.33. The van der Waals surface area contributed by atoms with Crippen LogP contribution in [0.1, 0.15) is 43.7 Å². The molecule has 0 spiro atoms. The smallest absolute Gasteiger partial charge is 0.163 e. The summed E-state index contributed by atoms with van der Waals surface area (Å²) >= 11 is 0. The van der Waals surface area contributed by atoms with Gasteiger partial charge in [-0.05, 0) is 31.4 Å². The molecule has 1 aromatic carbocycles. The highest BCUT2D eigenvalue weighted by molar-refractivity contribution is 5.18. The average molecular weight is 314 g/mol. The van der Waals surface area contributed by atoms with E-state index in [-0.39, 0.29) is 6.10 Å². The van der Waals surface area contributed by atoms with Crippen LogP contribution in [0.4, 0.5) is 0 Å². The molecule has 0 aliphatic carbocycles. The molecule has 2 atom stereocenters. The largest absolute Gasteiger partial charge is 0.368 e. The molecule has 0 unspecified atom stereocenters. The van der Waals surface area contributed by atoms with Gasteiger partial charge >= 0.3 is 0 Å². The predicted molar refractivity (Wildman–Crippen MR) is 90.3 cm³/mol. The van der Waals surface area contributed by atoms with Gasteiger partial charge < -0.3 is 9.30 Å². The van der Waals surface area contributed by atoms with E-state index in [2.05, 4.69) is 63.8 Å². The molecule has 2 heterocycles. The van der Waals surface area contributed by atoms with E-state index in [1.54, 1.807) is 6.33 Å². The highest BCUT2D eigenvalue weighted by Crippen LogP contribution is 2.23. The molecule has 124 valence electrons. The van der Waals surface area contributed by atoms with E-state index in [0.717, 1.165) is 45.0 Å². The summed E-state index contributed by atoms with van der Waals surface area (Å²) in [4.78, 5) is 2.49. The third kappa shape index (κ3) is 3.98. The number of hydrogen-bond acceptors (Lipinski definition) is 4. The first kappa shape index (κ1) is 16.1. The Kier molecular flexibility index (Phi) is 5.41. The van der Waals surface area contributed by atoms with Crippen LogP contribution in [0.2, 0.25) is 0 Å². The molecule has 23 heavy (non-hydrogen) atoms. The normalized spacial score (nSPS) is 20.5. The molecule has 1 aromatic heterocycles. The second-order valence-corrected chi connectivity index (χ2v) is 6.24. The molecule has 0 amide bonds. The summed E-state index contributed by atoms with van der Waals surface area (Å²) in [5.74, 6) is 1.53. The Morgan fingerprint density at radius 3 is 2.91 bits per heavy atom. The minimum absolute atomic E-state index is 0.0400. The maximum absolute atomic E-state index is 5.92. The highest BCUT2D eigenvalue weighted by Gasteiger charge is 2.25. The standard InChI is InChI=1S/C18H26N4O/c1-3-22-14-19-20-18(22)17-13-21(11-12-23-17)10-9-15(2)16-7-5-4-6-8-16/h4-8,14-15,17H,3,9-13H2,1-2H3/t15-,17+/m1/s1. The van der Waals surface area contributed by atoms with E-state index in [1.165, 1.54) is 5.56 Å². The fraction of sp³-hybridized carbons (Fsp3) is 0.556. The van der Waals surface area contributed by atoms with Crippen molar-refractivity contribution in [2.24, 2.45) is 0 Å². The topological polar surface area (TPSA) is 43.2 Å². The van der Waals surface area contributed by atoms with Gasteiger partial charge in [-0.2, -0.15) is 0 Å². The van der Waals surface area contributed by atoms with Gasteiger partial charge in [-0.25, -0.2) is 0 Å². The minimum atomic E-state index is 0.0400. The zero-order valence-electron chi connectivity index (χ0n) is 14.1. The highest BCUT2D eigenvalue weighted by atomic mass is 16.5. The lowest BCUT2D eigenvalue weighted by Crippen LogP contribution is -2.40. The van der Waals surface area contributed by atoms with Crippen molar-refractivity contribution < 1.29 is 4.74 Å². The van der Waals surface area contributed by atoms with Crippen LogP contribution in [0, 0.1) is 0 Å². The van der Waals surface area contributed by atoms with Gasteiger partial charge in [0.25, 0.3) is 0 Å². The second-order valence-electron chi connectivity index (χ2n) is 6.24. The molecule has 0 N–H and O–H groups in total. The number of morpholine rings is 1. The van der Waals surface area contributed by atoms with Gasteiger partial charge in [-0.15, -0.1) is 10.2 Å². The molecule has 0 saturated carbocycles. The Balaban J connectivity index is 1.55. The van der Waals surface area contributed by atoms with Gasteiger partial charge in [0.15, 0.2) is 5.82 Å². The van der Waals surface area contributed by atoms with Crippen molar-refractivity contribution in [3.8, 4) is 0 Å². The fourth-order valence-electron chi connectivity index (χ4n) is 3.14. The van der Waals surface area contributed by atoms with Crippen LogP contribution in [-0.2, 0) is 11.3 Å². The molecule has 2 aromatic rings. The molecular weight excluding hydrogens is 288 g/mol. The number of ether oxygens (including phenoxy) is 1. The second kappa shape index (κ2) is 7.70. The van der Waals surface area contributed by atoms with E-state index >= 15 is 0 Å². The van der Waals surface area contributed by atoms with Crippen molar-refractivity contribution >= 4 is 0 Å². The molecule has 3 rings (SSSR count). The number of hydrogen-bond donors (Lipinski definition) is 0. The van der Waals surface area contributed by atoms with Crippen molar-refractivity contribution in [2.75, 3.05) is 26.2 Å². The van der Waals surface area contributed by atoms with Crippen molar-refractivity contribution in [3.63, 3.8) is 0 Å². The summed E-state index contributed by atoms with van der Waals surface area (Å²) in [6.45, 7) is 9.05. The summed E-state index contributed by atoms with van der Waals surface area (Å²) in [7, 11) is 0. The first-order valence-electron chi connectivity index (χ1n) is 8.54. The van der Waals surface area contributed by atoms with Gasteiger partial charge in [0, 0.05) is 19.6 Å². The maximum atomic E-state index is 5.92. The van der Waals surface area contributed by atoms with E-state index in [1.807, 2.05) is 0 Å². The zero-order valence-corrected chi connectivity index (χ0v) is 14.1. The summed E-state index contributed by atoms with van der Waals surface area (Å²) in [5, 5.41) is 8.27. The van der Waals surface area contributed by atoms with Gasteiger partial charge in [0.2, 0.25) is 0 Å². The molecule has 1 aliphatic rings. The van der Waals surface area contributed by atoms with Crippen molar-refractivity contribution in [2.45, 2.75) is 38.8 Å². The molecule has 5 heteroatoms. The lowest BCUT2D eigenvalue weighted by molar-refractivity contribution is -0.0366.